The first-order chi connectivity index (χ1) is 8.63. The van der Waals surface area contributed by atoms with Crippen LogP contribution in [0.4, 0.5) is 0 Å². The summed E-state index contributed by atoms with van der Waals surface area (Å²) in [5.41, 5.74) is 0. The molecule has 3 unspecified atom stereocenters. The maximum absolute atomic E-state index is 11.8. The summed E-state index contributed by atoms with van der Waals surface area (Å²) in [6.07, 6.45) is 6.12. The number of hydrogen-bond donors (Lipinski definition) is 3. The molecule has 0 aliphatic heterocycles. The molecule has 1 fully saturated rings. The van der Waals surface area contributed by atoms with Gasteiger partial charge in [-0.25, -0.2) is 0 Å². The van der Waals surface area contributed by atoms with E-state index in [2.05, 4.69) is 17.6 Å². The molecular weight excluding hydrogens is 228 g/mol. The van der Waals surface area contributed by atoms with E-state index in [1.807, 2.05) is 6.92 Å². The highest BCUT2D eigenvalue weighted by Crippen LogP contribution is 2.24. The Kier molecular flexibility index (Phi) is 7.28. The minimum absolute atomic E-state index is 0.0876. The van der Waals surface area contributed by atoms with Gasteiger partial charge in [0.15, 0.2) is 0 Å². The van der Waals surface area contributed by atoms with Crippen molar-refractivity contribution in [1.29, 1.82) is 0 Å². The fourth-order valence-corrected chi connectivity index (χ4v) is 2.41. The molecule has 0 aromatic heterocycles. The Morgan fingerprint density at radius 3 is 2.78 bits per heavy atom. The Hall–Kier alpha value is -0.610. The van der Waals surface area contributed by atoms with E-state index in [0.717, 1.165) is 38.8 Å². The smallest absolute Gasteiger partial charge is 0.236 e. The first-order valence-corrected chi connectivity index (χ1v) is 7.32. The molecule has 0 radical (unpaired) electrons. The summed E-state index contributed by atoms with van der Waals surface area (Å²) in [4.78, 5) is 11.8. The fraction of sp³-hybridized carbons (Fsp3) is 0.929. The Bertz CT molecular complexity index is 246. The van der Waals surface area contributed by atoms with Gasteiger partial charge in [-0.05, 0) is 45.1 Å². The largest absolute Gasteiger partial charge is 0.393 e. The molecule has 4 nitrogen and oxygen atoms in total. The molecule has 1 amide bonds. The van der Waals surface area contributed by atoms with Crippen LogP contribution in [0.3, 0.4) is 0 Å². The summed E-state index contributed by atoms with van der Waals surface area (Å²) in [6.45, 7) is 5.67. The maximum Gasteiger partial charge on any atom is 0.236 e. The minimum atomic E-state index is -0.135. The summed E-state index contributed by atoms with van der Waals surface area (Å²) in [7, 11) is 0. The lowest BCUT2D eigenvalue weighted by Gasteiger charge is -2.17. The van der Waals surface area contributed by atoms with Crippen molar-refractivity contribution < 1.29 is 9.90 Å². The van der Waals surface area contributed by atoms with Crippen LogP contribution in [0.1, 0.15) is 52.4 Å². The molecule has 1 aliphatic carbocycles. The molecule has 0 aromatic carbocycles. The summed E-state index contributed by atoms with van der Waals surface area (Å²) in [5, 5.41) is 15.6. The van der Waals surface area contributed by atoms with Crippen molar-refractivity contribution in [2.24, 2.45) is 5.92 Å². The monoisotopic (exact) mass is 256 g/mol. The SMILES string of the molecule is CCCCCNC(=O)C(C)NCC1CCC(O)C1. The van der Waals surface area contributed by atoms with Gasteiger partial charge in [0.05, 0.1) is 12.1 Å². The molecule has 3 N–H and O–H groups in total. The predicted molar refractivity (Wildman–Crippen MR) is 73.3 cm³/mol. The van der Waals surface area contributed by atoms with Gasteiger partial charge in [-0.2, -0.15) is 0 Å². The van der Waals surface area contributed by atoms with E-state index in [9.17, 15) is 9.90 Å². The lowest BCUT2D eigenvalue weighted by atomic mass is 10.1. The molecule has 0 spiro atoms. The number of carbonyl (C=O) groups is 1. The molecule has 1 saturated carbocycles. The van der Waals surface area contributed by atoms with Crippen molar-refractivity contribution in [2.45, 2.75) is 64.5 Å². The van der Waals surface area contributed by atoms with Crippen molar-refractivity contribution in [3.8, 4) is 0 Å². The standard InChI is InChI=1S/C14H28N2O2/c1-3-4-5-8-15-14(18)11(2)16-10-12-6-7-13(17)9-12/h11-13,16-17H,3-10H2,1-2H3,(H,15,18). The third-order valence-electron chi connectivity index (χ3n) is 3.70. The zero-order valence-electron chi connectivity index (χ0n) is 11.7. The zero-order chi connectivity index (χ0) is 13.4. The third kappa shape index (κ3) is 5.83. The van der Waals surface area contributed by atoms with Gasteiger partial charge in [0.2, 0.25) is 5.91 Å². The number of aliphatic hydroxyl groups excluding tert-OH is 1. The average molecular weight is 256 g/mol. The second kappa shape index (κ2) is 8.48. The highest BCUT2D eigenvalue weighted by atomic mass is 16.3. The van der Waals surface area contributed by atoms with Gasteiger partial charge in [-0.15, -0.1) is 0 Å². The summed E-state index contributed by atoms with van der Waals surface area (Å²) < 4.78 is 0. The van der Waals surface area contributed by atoms with E-state index in [1.165, 1.54) is 12.8 Å². The van der Waals surface area contributed by atoms with E-state index in [4.69, 9.17) is 0 Å². The third-order valence-corrected chi connectivity index (χ3v) is 3.70. The van der Waals surface area contributed by atoms with Crippen LogP contribution in [0.25, 0.3) is 0 Å². The summed E-state index contributed by atoms with van der Waals surface area (Å²) in [6, 6.07) is -0.135. The van der Waals surface area contributed by atoms with Gasteiger partial charge in [0.1, 0.15) is 0 Å². The molecule has 0 bridgehead atoms. The second-order valence-corrected chi connectivity index (χ2v) is 5.46. The number of nitrogens with one attached hydrogen (secondary N) is 2. The molecule has 1 aliphatic rings. The molecule has 18 heavy (non-hydrogen) atoms. The van der Waals surface area contributed by atoms with E-state index in [1.54, 1.807) is 0 Å². The maximum atomic E-state index is 11.8. The summed E-state index contributed by atoms with van der Waals surface area (Å²) in [5.74, 6) is 0.611. The van der Waals surface area contributed by atoms with Crippen LogP contribution in [-0.4, -0.2) is 36.2 Å². The van der Waals surface area contributed by atoms with E-state index in [-0.39, 0.29) is 18.1 Å². The zero-order valence-corrected chi connectivity index (χ0v) is 11.7. The Labute approximate surface area is 111 Å². The van der Waals surface area contributed by atoms with Crippen molar-refractivity contribution in [3.05, 3.63) is 0 Å². The van der Waals surface area contributed by atoms with Crippen LogP contribution in [0, 0.1) is 5.92 Å². The summed E-state index contributed by atoms with van der Waals surface area (Å²) >= 11 is 0. The van der Waals surface area contributed by atoms with Gasteiger partial charge in [-0.3, -0.25) is 4.79 Å². The normalized spacial score (nSPS) is 25.1. The van der Waals surface area contributed by atoms with Crippen molar-refractivity contribution >= 4 is 5.91 Å². The number of hydrogen-bond acceptors (Lipinski definition) is 3. The lowest BCUT2D eigenvalue weighted by molar-refractivity contribution is -0.122. The number of carbonyl (C=O) groups excluding carboxylic acids is 1. The van der Waals surface area contributed by atoms with E-state index in [0.29, 0.717) is 5.92 Å². The number of aliphatic hydroxyl groups is 1. The number of unbranched alkanes of at least 4 members (excludes halogenated alkanes) is 2. The van der Waals surface area contributed by atoms with Crippen molar-refractivity contribution in [2.75, 3.05) is 13.1 Å². The van der Waals surface area contributed by atoms with E-state index >= 15 is 0 Å². The molecule has 0 saturated heterocycles. The van der Waals surface area contributed by atoms with Gasteiger partial charge >= 0.3 is 0 Å². The lowest BCUT2D eigenvalue weighted by Crippen LogP contribution is -2.43. The van der Waals surface area contributed by atoms with Crippen LogP contribution in [0.5, 0.6) is 0 Å². The Morgan fingerprint density at radius 2 is 2.17 bits per heavy atom. The molecular formula is C14H28N2O2. The van der Waals surface area contributed by atoms with Gasteiger partial charge < -0.3 is 15.7 Å². The quantitative estimate of drug-likeness (QED) is 0.576. The second-order valence-electron chi connectivity index (χ2n) is 5.46. The molecule has 0 heterocycles. The van der Waals surface area contributed by atoms with E-state index < -0.39 is 0 Å². The average Bonchev–Trinajstić information content (AvgIpc) is 2.77. The number of rotatable bonds is 8. The highest BCUT2D eigenvalue weighted by Gasteiger charge is 2.23. The van der Waals surface area contributed by atoms with Crippen LogP contribution >= 0.6 is 0 Å². The first-order valence-electron chi connectivity index (χ1n) is 7.32. The Balaban J connectivity index is 2.08. The topological polar surface area (TPSA) is 61.4 Å². The molecule has 106 valence electrons. The fourth-order valence-electron chi connectivity index (χ4n) is 2.41. The molecule has 0 aromatic rings. The highest BCUT2D eigenvalue weighted by molar-refractivity contribution is 5.81. The first kappa shape index (κ1) is 15.4. The van der Waals surface area contributed by atoms with Crippen LogP contribution in [-0.2, 0) is 4.79 Å². The predicted octanol–water partition coefficient (Wildman–Crippen LogP) is 1.43. The van der Waals surface area contributed by atoms with Crippen molar-refractivity contribution in [1.82, 2.24) is 10.6 Å². The molecule has 1 rings (SSSR count). The minimum Gasteiger partial charge on any atom is -0.393 e. The number of amides is 1. The van der Waals surface area contributed by atoms with Gasteiger partial charge in [0, 0.05) is 6.54 Å². The van der Waals surface area contributed by atoms with Gasteiger partial charge in [0.25, 0.3) is 0 Å². The molecule has 4 heteroatoms. The van der Waals surface area contributed by atoms with Crippen molar-refractivity contribution in [3.63, 3.8) is 0 Å². The van der Waals surface area contributed by atoms with Crippen LogP contribution in [0.2, 0.25) is 0 Å². The van der Waals surface area contributed by atoms with Crippen LogP contribution < -0.4 is 10.6 Å². The van der Waals surface area contributed by atoms with Gasteiger partial charge in [-0.1, -0.05) is 19.8 Å². The van der Waals surface area contributed by atoms with Crippen LogP contribution in [0.15, 0.2) is 0 Å². The molecule has 3 atom stereocenters. The Morgan fingerprint density at radius 1 is 1.39 bits per heavy atom.